The largest absolute Gasteiger partial charge is 0.371 e. The minimum absolute atomic E-state index is 0.0627. The molecule has 0 aromatic carbocycles. The van der Waals surface area contributed by atoms with E-state index >= 15 is 0 Å². The van der Waals surface area contributed by atoms with Gasteiger partial charge < -0.3 is 10.2 Å². The molecule has 1 aromatic heterocycles. The molecule has 1 aliphatic rings. The predicted octanol–water partition coefficient (Wildman–Crippen LogP) is 3.24. The van der Waals surface area contributed by atoms with Crippen LogP contribution in [0.1, 0.15) is 56.9 Å². The molecule has 2 heterocycles. The molecule has 2 rings (SSSR count). The Balaban J connectivity index is 1.94. The number of nitrogens with one attached hydrogen (secondary N) is 1. The second-order valence-corrected chi connectivity index (χ2v) is 6.44. The molecule has 1 atom stereocenters. The van der Waals surface area contributed by atoms with Gasteiger partial charge in [-0.3, -0.25) is 9.78 Å². The third-order valence-corrected chi connectivity index (χ3v) is 4.00. The van der Waals surface area contributed by atoms with Crippen molar-refractivity contribution >= 4 is 11.6 Å². The number of carbonyl (C=O) groups excluding carboxylic acids is 1. The van der Waals surface area contributed by atoms with Crippen LogP contribution in [0.2, 0.25) is 0 Å². The first-order valence-corrected chi connectivity index (χ1v) is 8.08. The van der Waals surface area contributed by atoms with Crippen molar-refractivity contribution in [2.24, 2.45) is 5.92 Å². The Labute approximate surface area is 127 Å². The minimum atomic E-state index is -0.0627. The summed E-state index contributed by atoms with van der Waals surface area (Å²) in [5, 5.41) is 3.05. The van der Waals surface area contributed by atoms with Gasteiger partial charge >= 0.3 is 0 Å². The van der Waals surface area contributed by atoms with Gasteiger partial charge in [-0.25, -0.2) is 0 Å². The molecular formula is C17H27N3O. The SMILES string of the molecule is CC(C)CCC(C)NC(=O)c1cc(N2CCCC2)ccn1. The Morgan fingerprint density at radius 1 is 1.29 bits per heavy atom. The maximum absolute atomic E-state index is 12.3. The molecule has 4 heteroatoms. The van der Waals surface area contributed by atoms with Crippen LogP contribution < -0.4 is 10.2 Å². The highest BCUT2D eigenvalue weighted by Crippen LogP contribution is 2.20. The van der Waals surface area contributed by atoms with Crippen molar-refractivity contribution in [3.8, 4) is 0 Å². The van der Waals surface area contributed by atoms with Crippen LogP contribution in [0.15, 0.2) is 18.3 Å². The van der Waals surface area contributed by atoms with E-state index in [1.54, 1.807) is 6.20 Å². The fraction of sp³-hybridized carbons (Fsp3) is 0.647. The highest BCUT2D eigenvalue weighted by atomic mass is 16.1. The molecule has 1 amide bonds. The van der Waals surface area contributed by atoms with Crippen molar-refractivity contribution in [3.05, 3.63) is 24.0 Å². The van der Waals surface area contributed by atoms with E-state index in [4.69, 9.17) is 0 Å². The Morgan fingerprint density at radius 3 is 2.67 bits per heavy atom. The second-order valence-electron chi connectivity index (χ2n) is 6.44. The van der Waals surface area contributed by atoms with Crippen molar-refractivity contribution in [3.63, 3.8) is 0 Å². The molecule has 0 saturated carbocycles. The summed E-state index contributed by atoms with van der Waals surface area (Å²) in [6.45, 7) is 8.63. The van der Waals surface area contributed by atoms with E-state index in [-0.39, 0.29) is 11.9 Å². The zero-order valence-electron chi connectivity index (χ0n) is 13.4. The highest BCUT2D eigenvalue weighted by Gasteiger charge is 2.16. The van der Waals surface area contributed by atoms with E-state index in [9.17, 15) is 4.79 Å². The van der Waals surface area contributed by atoms with Crippen LogP contribution in [0, 0.1) is 5.92 Å². The predicted molar refractivity (Wildman–Crippen MR) is 86.7 cm³/mol. The molecule has 1 aromatic rings. The van der Waals surface area contributed by atoms with Crippen molar-refractivity contribution in [2.75, 3.05) is 18.0 Å². The number of anilines is 1. The lowest BCUT2D eigenvalue weighted by Crippen LogP contribution is -2.33. The average molecular weight is 289 g/mol. The van der Waals surface area contributed by atoms with Gasteiger partial charge in [0, 0.05) is 31.0 Å². The Hall–Kier alpha value is -1.58. The number of hydrogen-bond acceptors (Lipinski definition) is 3. The number of hydrogen-bond donors (Lipinski definition) is 1. The van der Waals surface area contributed by atoms with Gasteiger partial charge in [0.05, 0.1) is 0 Å². The quantitative estimate of drug-likeness (QED) is 0.874. The van der Waals surface area contributed by atoms with Crippen LogP contribution in [0.3, 0.4) is 0 Å². The lowest BCUT2D eigenvalue weighted by molar-refractivity contribution is 0.0932. The minimum Gasteiger partial charge on any atom is -0.371 e. The van der Waals surface area contributed by atoms with Gasteiger partial charge in [-0.1, -0.05) is 13.8 Å². The smallest absolute Gasteiger partial charge is 0.270 e. The average Bonchev–Trinajstić information content (AvgIpc) is 2.99. The molecule has 0 radical (unpaired) electrons. The summed E-state index contributed by atoms with van der Waals surface area (Å²) in [6, 6.07) is 4.09. The lowest BCUT2D eigenvalue weighted by atomic mass is 10.0. The molecular weight excluding hydrogens is 262 g/mol. The molecule has 0 spiro atoms. The molecule has 1 N–H and O–H groups in total. The normalized spacial score (nSPS) is 16.3. The van der Waals surface area contributed by atoms with E-state index in [2.05, 4.69) is 36.0 Å². The summed E-state index contributed by atoms with van der Waals surface area (Å²) in [4.78, 5) is 18.8. The molecule has 116 valence electrons. The summed E-state index contributed by atoms with van der Waals surface area (Å²) < 4.78 is 0. The summed E-state index contributed by atoms with van der Waals surface area (Å²) in [7, 11) is 0. The topological polar surface area (TPSA) is 45.2 Å². The molecule has 1 fully saturated rings. The van der Waals surface area contributed by atoms with Gasteiger partial charge in [0.25, 0.3) is 5.91 Å². The molecule has 1 unspecified atom stereocenters. The fourth-order valence-corrected chi connectivity index (χ4v) is 2.67. The van der Waals surface area contributed by atoms with E-state index < -0.39 is 0 Å². The van der Waals surface area contributed by atoms with Crippen LogP contribution >= 0.6 is 0 Å². The zero-order chi connectivity index (χ0) is 15.2. The van der Waals surface area contributed by atoms with Gasteiger partial charge in [-0.2, -0.15) is 0 Å². The molecule has 4 nitrogen and oxygen atoms in total. The van der Waals surface area contributed by atoms with Crippen molar-refractivity contribution in [2.45, 2.75) is 52.5 Å². The van der Waals surface area contributed by atoms with Crippen LogP contribution in [-0.4, -0.2) is 30.0 Å². The van der Waals surface area contributed by atoms with E-state index in [0.717, 1.165) is 31.6 Å². The summed E-state index contributed by atoms with van der Waals surface area (Å²) in [5.41, 5.74) is 1.64. The standard InChI is InChI=1S/C17H27N3O/c1-13(2)6-7-14(3)19-17(21)16-12-15(8-9-18-16)20-10-4-5-11-20/h8-9,12-14H,4-7,10-11H2,1-3H3,(H,19,21). The summed E-state index contributed by atoms with van der Waals surface area (Å²) >= 11 is 0. The number of carbonyl (C=O) groups is 1. The van der Waals surface area contributed by atoms with Gasteiger partial charge in [0.15, 0.2) is 0 Å². The van der Waals surface area contributed by atoms with E-state index in [1.807, 2.05) is 12.1 Å². The fourth-order valence-electron chi connectivity index (χ4n) is 2.67. The first-order chi connectivity index (χ1) is 10.1. The second kappa shape index (κ2) is 7.43. The van der Waals surface area contributed by atoms with Crippen molar-refractivity contribution in [1.82, 2.24) is 10.3 Å². The number of aromatic nitrogens is 1. The first-order valence-electron chi connectivity index (χ1n) is 8.08. The maximum atomic E-state index is 12.3. The number of amides is 1. The molecule has 1 aliphatic heterocycles. The van der Waals surface area contributed by atoms with Gasteiger partial charge in [0.1, 0.15) is 5.69 Å². The van der Waals surface area contributed by atoms with Crippen LogP contribution in [0.5, 0.6) is 0 Å². The third kappa shape index (κ3) is 4.73. The molecule has 21 heavy (non-hydrogen) atoms. The Morgan fingerprint density at radius 2 is 2.00 bits per heavy atom. The van der Waals surface area contributed by atoms with Crippen LogP contribution in [-0.2, 0) is 0 Å². The highest BCUT2D eigenvalue weighted by molar-refractivity contribution is 5.93. The Kier molecular flexibility index (Phi) is 5.59. The summed E-state index contributed by atoms with van der Waals surface area (Å²) in [6.07, 6.45) is 6.34. The van der Waals surface area contributed by atoms with Crippen molar-refractivity contribution in [1.29, 1.82) is 0 Å². The van der Waals surface area contributed by atoms with Gasteiger partial charge in [-0.15, -0.1) is 0 Å². The molecule has 0 aliphatic carbocycles. The lowest BCUT2D eigenvalue weighted by Gasteiger charge is -2.18. The van der Waals surface area contributed by atoms with Gasteiger partial charge in [-0.05, 0) is 50.7 Å². The van der Waals surface area contributed by atoms with E-state index in [1.165, 1.54) is 12.8 Å². The molecule has 0 bridgehead atoms. The molecule has 1 saturated heterocycles. The number of rotatable bonds is 6. The van der Waals surface area contributed by atoms with Crippen LogP contribution in [0.25, 0.3) is 0 Å². The zero-order valence-corrected chi connectivity index (χ0v) is 13.4. The maximum Gasteiger partial charge on any atom is 0.270 e. The number of nitrogens with zero attached hydrogens (tertiary/aromatic N) is 2. The third-order valence-electron chi connectivity index (χ3n) is 4.00. The number of pyridine rings is 1. The monoisotopic (exact) mass is 289 g/mol. The van der Waals surface area contributed by atoms with E-state index in [0.29, 0.717) is 11.6 Å². The summed E-state index contributed by atoms with van der Waals surface area (Å²) in [5.74, 6) is 0.605. The van der Waals surface area contributed by atoms with Gasteiger partial charge in [0.2, 0.25) is 0 Å². The van der Waals surface area contributed by atoms with Crippen molar-refractivity contribution < 1.29 is 4.79 Å². The Bertz CT molecular complexity index is 467. The van der Waals surface area contributed by atoms with Crippen LogP contribution in [0.4, 0.5) is 5.69 Å². The first kappa shape index (κ1) is 15.8.